The van der Waals surface area contributed by atoms with E-state index in [-0.39, 0.29) is 17.8 Å². The Bertz CT molecular complexity index is 315. The fourth-order valence-electron chi connectivity index (χ4n) is 1.16. The molecule has 15 heavy (non-hydrogen) atoms. The van der Waals surface area contributed by atoms with Gasteiger partial charge in [-0.15, -0.1) is 0 Å². The molecule has 0 atom stereocenters. The van der Waals surface area contributed by atoms with Gasteiger partial charge in [-0.05, 0) is 26.5 Å². The molecule has 1 N–H and O–H groups in total. The van der Waals surface area contributed by atoms with Crippen LogP contribution in [0, 0.1) is 5.82 Å². The van der Waals surface area contributed by atoms with Gasteiger partial charge >= 0.3 is 0 Å². The Morgan fingerprint density at radius 3 is 2.87 bits per heavy atom. The molecule has 4 heteroatoms. The molecule has 0 fully saturated rings. The molecule has 0 spiro atoms. The van der Waals surface area contributed by atoms with Gasteiger partial charge in [-0.2, -0.15) is 0 Å². The average Bonchev–Trinajstić information content (AvgIpc) is 2.19. The molecule has 84 valence electrons. The van der Waals surface area contributed by atoms with Crippen LogP contribution in [0.15, 0.2) is 12.3 Å². The van der Waals surface area contributed by atoms with Gasteiger partial charge in [-0.3, -0.25) is 0 Å². The van der Waals surface area contributed by atoms with Crippen molar-refractivity contribution < 1.29 is 9.13 Å². The molecule has 0 aromatic carbocycles. The van der Waals surface area contributed by atoms with Crippen LogP contribution in [0.2, 0.25) is 0 Å². The lowest BCUT2D eigenvalue weighted by molar-refractivity contribution is 0.220. The zero-order valence-electron chi connectivity index (χ0n) is 9.38. The molecule has 0 radical (unpaired) electrons. The van der Waals surface area contributed by atoms with Crippen molar-refractivity contribution in [3.8, 4) is 5.88 Å². The number of nitrogens with zero attached hydrogens (tertiary/aromatic N) is 1. The van der Waals surface area contributed by atoms with Crippen molar-refractivity contribution in [3.63, 3.8) is 0 Å². The van der Waals surface area contributed by atoms with Gasteiger partial charge in [0.2, 0.25) is 0 Å². The van der Waals surface area contributed by atoms with Gasteiger partial charge < -0.3 is 10.1 Å². The summed E-state index contributed by atoms with van der Waals surface area (Å²) < 4.78 is 19.0. The quantitative estimate of drug-likeness (QED) is 0.811. The Balaban J connectivity index is 2.80. The van der Waals surface area contributed by atoms with Crippen molar-refractivity contribution in [2.24, 2.45) is 0 Å². The summed E-state index contributed by atoms with van der Waals surface area (Å²) in [5, 5.41) is 3.06. The summed E-state index contributed by atoms with van der Waals surface area (Å²) >= 11 is 0. The van der Waals surface area contributed by atoms with E-state index in [4.69, 9.17) is 4.74 Å². The normalized spacial score (nSPS) is 10.7. The number of hydrogen-bond acceptors (Lipinski definition) is 3. The van der Waals surface area contributed by atoms with Crippen LogP contribution in [0.25, 0.3) is 0 Å². The van der Waals surface area contributed by atoms with Crippen LogP contribution in [0.3, 0.4) is 0 Å². The molecular weight excluding hydrogens is 195 g/mol. The minimum atomic E-state index is -0.368. The van der Waals surface area contributed by atoms with Crippen molar-refractivity contribution in [2.45, 2.75) is 33.4 Å². The van der Waals surface area contributed by atoms with Crippen molar-refractivity contribution in [2.75, 3.05) is 6.54 Å². The molecule has 0 saturated carbocycles. The summed E-state index contributed by atoms with van der Waals surface area (Å²) in [5.41, 5.74) is 0.586. The molecule has 1 aromatic heterocycles. The van der Waals surface area contributed by atoms with E-state index < -0.39 is 0 Å². The fraction of sp³-hybridized carbons (Fsp3) is 0.545. The van der Waals surface area contributed by atoms with Crippen molar-refractivity contribution >= 4 is 0 Å². The fourth-order valence-corrected chi connectivity index (χ4v) is 1.16. The molecule has 1 heterocycles. The lowest BCUT2D eigenvalue weighted by Crippen LogP contribution is -2.15. The molecule has 0 amide bonds. The summed E-state index contributed by atoms with van der Waals surface area (Å²) in [6.45, 7) is 6.97. The Kier molecular flexibility index (Phi) is 4.49. The van der Waals surface area contributed by atoms with Gasteiger partial charge in [0.05, 0.1) is 6.10 Å². The van der Waals surface area contributed by atoms with Gasteiger partial charge in [0.1, 0.15) is 0 Å². The standard InChI is InChI=1S/C11H17FN2O/c1-4-13-7-9-5-6-14-11(10(9)12)15-8(2)3/h5-6,8,13H,4,7H2,1-3H3. The maximum atomic E-state index is 13.7. The van der Waals surface area contributed by atoms with E-state index in [1.807, 2.05) is 20.8 Å². The SMILES string of the molecule is CCNCc1ccnc(OC(C)C)c1F. The highest BCUT2D eigenvalue weighted by Crippen LogP contribution is 2.18. The number of ether oxygens (including phenoxy) is 1. The first-order valence-electron chi connectivity index (χ1n) is 5.16. The second kappa shape index (κ2) is 5.66. The molecule has 0 aliphatic heterocycles. The Hall–Kier alpha value is -1.16. The summed E-state index contributed by atoms with van der Waals surface area (Å²) in [6, 6.07) is 1.66. The van der Waals surface area contributed by atoms with Crippen molar-refractivity contribution in [1.29, 1.82) is 0 Å². The minimum Gasteiger partial charge on any atom is -0.473 e. The molecule has 0 saturated heterocycles. The highest BCUT2D eigenvalue weighted by atomic mass is 19.1. The highest BCUT2D eigenvalue weighted by molar-refractivity contribution is 5.23. The summed E-state index contributed by atoms with van der Waals surface area (Å²) in [6.07, 6.45) is 1.49. The monoisotopic (exact) mass is 212 g/mol. The van der Waals surface area contributed by atoms with E-state index in [2.05, 4.69) is 10.3 Å². The molecule has 0 bridgehead atoms. The lowest BCUT2D eigenvalue weighted by Gasteiger charge is -2.11. The first-order chi connectivity index (χ1) is 7.15. The molecule has 1 aromatic rings. The van der Waals surface area contributed by atoms with Crippen LogP contribution in [0.5, 0.6) is 5.88 Å². The number of halogens is 1. The Morgan fingerprint density at radius 2 is 2.27 bits per heavy atom. The van der Waals surface area contributed by atoms with Crippen molar-refractivity contribution in [1.82, 2.24) is 10.3 Å². The summed E-state index contributed by atoms with van der Waals surface area (Å²) in [5.74, 6) is -0.285. The predicted octanol–water partition coefficient (Wildman–Crippen LogP) is 2.12. The van der Waals surface area contributed by atoms with Gasteiger partial charge in [0, 0.05) is 18.3 Å². The lowest BCUT2D eigenvalue weighted by atomic mass is 10.2. The number of rotatable bonds is 5. The highest BCUT2D eigenvalue weighted by Gasteiger charge is 2.11. The average molecular weight is 212 g/mol. The van der Waals surface area contributed by atoms with E-state index in [0.29, 0.717) is 12.1 Å². The van der Waals surface area contributed by atoms with Crippen LogP contribution in [0.4, 0.5) is 4.39 Å². The Labute approximate surface area is 89.7 Å². The first-order valence-corrected chi connectivity index (χ1v) is 5.16. The topological polar surface area (TPSA) is 34.2 Å². The van der Waals surface area contributed by atoms with Crippen LogP contribution in [-0.2, 0) is 6.54 Å². The van der Waals surface area contributed by atoms with Crippen molar-refractivity contribution in [3.05, 3.63) is 23.6 Å². The first kappa shape index (κ1) is 11.9. The van der Waals surface area contributed by atoms with E-state index in [1.165, 1.54) is 0 Å². The van der Waals surface area contributed by atoms with E-state index in [1.54, 1.807) is 12.3 Å². The third-order valence-corrected chi connectivity index (χ3v) is 1.85. The smallest absolute Gasteiger partial charge is 0.250 e. The number of aromatic nitrogens is 1. The maximum absolute atomic E-state index is 13.7. The number of nitrogens with one attached hydrogen (secondary N) is 1. The summed E-state index contributed by atoms with van der Waals surface area (Å²) in [4.78, 5) is 3.86. The number of pyridine rings is 1. The molecule has 3 nitrogen and oxygen atoms in total. The van der Waals surface area contributed by atoms with Gasteiger partial charge in [-0.1, -0.05) is 6.92 Å². The second-order valence-electron chi connectivity index (χ2n) is 3.54. The molecule has 1 rings (SSSR count). The van der Waals surface area contributed by atoms with Gasteiger partial charge in [0.15, 0.2) is 5.82 Å². The molecular formula is C11H17FN2O. The van der Waals surface area contributed by atoms with Crippen LogP contribution in [-0.4, -0.2) is 17.6 Å². The second-order valence-corrected chi connectivity index (χ2v) is 3.54. The minimum absolute atomic E-state index is 0.0682. The van der Waals surface area contributed by atoms with E-state index in [9.17, 15) is 4.39 Å². The third kappa shape index (κ3) is 3.47. The molecule has 0 unspecified atom stereocenters. The zero-order valence-corrected chi connectivity index (χ0v) is 9.38. The van der Waals surface area contributed by atoms with E-state index >= 15 is 0 Å². The summed E-state index contributed by atoms with van der Waals surface area (Å²) in [7, 11) is 0. The van der Waals surface area contributed by atoms with Gasteiger partial charge in [-0.25, -0.2) is 9.37 Å². The van der Waals surface area contributed by atoms with E-state index in [0.717, 1.165) is 6.54 Å². The largest absolute Gasteiger partial charge is 0.473 e. The molecule has 0 aliphatic rings. The van der Waals surface area contributed by atoms with Crippen LogP contribution >= 0.6 is 0 Å². The molecule has 0 aliphatic carbocycles. The van der Waals surface area contributed by atoms with Gasteiger partial charge in [0.25, 0.3) is 5.88 Å². The zero-order chi connectivity index (χ0) is 11.3. The predicted molar refractivity (Wildman–Crippen MR) is 57.3 cm³/mol. The third-order valence-electron chi connectivity index (χ3n) is 1.85. The maximum Gasteiger partial charge on any atom is 0.250 e. The number of hydrogen-bond donors (Lipinski definition) is 1. The van der Waals surface area contributed by atoms with Crippen LogP contribution in [0.1, 0.15) is 26.3 Å². The van der Waals surface area contributed by atoms with Crippen LogP contribution < -0.4 is 10.1 Å². The Morgan fingerprint density at radius 1 is 1.53 bits per heavy atom.